The predicted molar refractivity (Wildman–Crippen MR) is 86.1 cm³/mol. The second-order valence-electron chi connectivity index (χ2n) is 4.85. The third kappa shape index (κ3) is 7.46. The van der Waals surface area contributed by atoms with E-state index < -0.39 is 0 Å². The van der Waals surface area contributed by atoms with E-state index in [0.29, 0.717) is 0 Å². The van der Waals surface area contributed by atoms with Crippen LogP contribution in [0.1, 0.15) is 39.5 Å². The summed E-state index contributed by atoms with van der Waals surface area (Å²) in [5.74, 6) is 0.780. The fourth-order valence-corrected chi connectivity index (χ4v) is 2.03. The maximum absolute atomic E-state index is 2.41. The lowest BCUT2D eigenvalue weighted by Gasteiger charge is -2.09. The standard InChI is InChI=1S/C13H20.C6H6/c1-3-5-8-12(4-2)11-13-9-6-7-10-13;1-2-4-6-5-3-1/h6-7,9-12H,3-5,8H2,1-2H3;1-6H. The average molecular weight is 254 g/mol. The molecule has 0 saturated heterocycles. The Morgan fingerprint density at radius 2 is 1.42 bits per heavy atom. The highest BCUT2D eigenvalue weighted by atomic mass is 14.1. The number of allylic oxidation sites excluding steroid dienone is 6. The summed E-state index contributed by atoms with van der Waals surface area (Å²) in [4.78, 5) is 0. The maximum atomic E-state index is 2.41. The van der Waals surface area contributed by atoms with Gasteiger partial charge < -0.3 is 0 Å². The molecular formula is C19H26. The van der Waals surface area contributed by atoms with Crippen LogP contribution in [0.3, 0.4) is 0 Å². The highest BCUT2D eigenvalue weighted by Gasteiger charge is 2.02. The number of rotatable bonds is 5. The largest absolute Gasteiger partial charge is 0.0742 e. The summed E-state index contributed by atoms with van der Waals surface area (Å²) >= 11 is 0. The van der Waals surface area contributed by atoms with Crippen molar-refractivity contribution in [1.29, 1.82) is 0 Å². The molecule has 1 unspecified atom stereocenters. The van der Waals surface area contributed by atoms with E-state index in [4.69, 9.17) is 0 Å². The van der Waals surface area contributed by atoms with Crippen molar-refractivity contribution in [3.8, 4) is 0 Å². The summed E-state index contributed by atoms with van der Waals surface area (Å²) in [6, 6.07) is 12.0. The van der Waals surface area contributed by atoms with Crippen LogP contribution >= 0.6 is 0 Å². The molecule has 0 radical (unpaired) electrons. The van der Waals surface area contributed by atoms with Gasteiger partial charge in [0.2, 0.25) is 0 Å². The number of hydrogen-bond donors (Lipinski definition) is 0. The Morgan fingerprint density at radius 1 is 0.895 bits per heavy atom. The first-order valence-electron chi connectivity index (χ1n) is 7.43. The molecule has 0 nitrogen and oxygen atoms in total. The minimum absolute atomic E-state index is 0.780. The molecule has 0 amide bonds. The molecule has 0 spiro atoms. The lowest BCUT2D eigenvalue weighted by Crippen LogP contribution is -1.94. The molecule has 102 valence electrons. The van der Waals surface area contributed by atoms with Crippen LogP contribution in [0, 0.1) is 5.92 Å². The molecule has 0 heterocycles. The summed E-state index contributed by atoms with van der Waals surface area (Å²) in [6.07, 6.45) is 16.3. The van der Waals surface area contributed by atoms with Crippen LogP contribution in [0.15, 0.2) is 72.4 Å². The topological polar surface area (TPSA) is 0 Å². The first-order valence-corrected chi connectivity index (χ1v) is 7.43. The monoisotopic (exact) mass is 254 g/mol. The Kier molecular flexibility index (Phi) is 8.46. The van der Waals surface area contributed by atoms with Crippen molar-refractivity contribution in [3.63, 3.8) is 0 Å². The van der Waals surface area contributed by atoms with Crippen molar-refractivity contribution in [2.75, 3.05) is 0 Å². The van der Waals surface area contributed by atoms with E-state index in [0.717, 1.165) is 5.92 Å². The van der Waals surface area contributed by atoms with Gasteiger partial charge in [0.25, 0.3) is 0 Å². The quantitative estimate of drug-likeness (QED) is 0.610. The van der Waals surface area contributed by atoms with Crippen molar-refractivity contribution < 1.29 is 0 Å². The zero-order valence-corrected chi connectivity index (χ0v) is 12.3. The molecule has 1 aromatic carbocycles. The Labute approximate surface area is 118 Å². The van der Waals surface area contributed by atoms with E-state index in [1.54, 1.807) is 0 Å². The molecule has 0 bridgehead atoms. The zero-order valence-electron chi connectivity index (χ0n) is 12.3. The van der Waals surface area contributed by atoms with E-state index in [1.807, 2.05) is 36.4 Å². The van der Waals surface area contributed by atoms with Crippen LogP contribution in [-0.4, -0.2) is 0 Å². The molecule has 19 heavy (non-hydrogen) atoms. The predicted octanol–water partition coefficient (Wildman–Crippen LogP) is 5.94. The summed E-state index contributed by atoms with van der Waals surface area (Å²) in [5, 5.41) is 0. The molecule has 0 heteroatoms. The maximum Gasteiger partial charge on any atom is -0.0227 e. The van der Waals surface area contributed by atoms with E-state index in [2.05, 4.69) is 44.2 Å². The van der Waals surface area contributed by atoms with Gasteiger partial charge in [-0.2, -0.15) is 0 Å². The zero-order chi connectivity index (χ0) is 13.8. The summed E-state index contributed by atoms with van der Waals surface area (Å²) in [5.41, 5.74) is 1.39. The molecule has 0 fully saturated rings. The van der Waals surface area contributed by atoms with Crippen molar-refractivity contribution >= 4 is 0 Å². The minimum Gasteiger partial charge on any atom is -0.0742 e. The van der Waals surface area contributed by atoms with Gasteiger partial charge in [-0.25, -0.2) is 0 Å². The normalized spacial score (nSPS) is 13.9. The van der Waals surface area contributed by atoms with E-state index in [1.165, 1.54) is 31.3 Å². The van der Waals surface area contributed by atoms with Gasteiger partial charge in [0.15, 0.2) is 0 Å². The van der Waals surface area contributed by atoms with Gasteiger partial charge in [-0.15, -0.1) is 0 Å². The third-order valence-electron chi connectivity index (χ3n) is 3.24. The van der Waals surface area contributed by atoms with Crippen molar-refractivity contribution in [3.05, 3.63) is 72.4 Å². The molecule has 0 aromatic heterocycles. The van der Waals surface area contributed by atoms with Gasteiger partial charge in [-0.3, -0.25) is 0 Å². The number of hydrogen-bond acceptors (Lipinski definition) is 0. The molecule has 1 aromatic rings. The average Bonchev–Trinajstić information content (AvgIpc) is 2.99. The lowest BCUT2D eigenvalue weighted by molar-refractivity contribution is 0.539. The first-order chi connectivity index (χ1) is 9.36. The van der Waals surface area contributed by atoms with Crippen LogP contribution in [0.5, 0.6) is 0 Å². The second kappa shape index (κ2) is 10.4. The third-order valence-corrected chi connectivity index (χ3v) is 3.24. The molecule has 1 aliphatic carbocycles. The highest BCUT2D eigenvalue weighted by molar-refractivity contribution is 5.40. The molecule has 0 saturated carbocycles. The van der Waals surface area contributed by atoms with Crippen LogP contribution in [0.25, 0.3) is 0 Å². The van der Waals surface area contributed by atoms with Gasteiger partial charge >= 0.3 is 0 Å². The van der Waals surface area contributed by atoms with Crippen LogP contribution in [-0.2, 0) is 0 Å². The Balaban J connectivity index is 0.000000250. The fourth-order valence-electron chi connectivity index (χ4n) is 2.03. The highest BCUT2D eigenvalue weighted by Crippen LogP contribution is 2.18. The lowest BCUT2D eigenvalue weighted by atomic mass is 9.97. The van der Waals surface area contributed by atoms with Gasteiger partial charge in [0.05, 0.1) is 0 Å². The molecule has 2 rings (SSSR count). The van der Waals surface area contributed by atoms with E-state index >= 15 is 0 Å². The van der Waals surface area contributed by atoms with E-state index in [-0.39, 0.29) is 0 Å². The van der Waals surface area contributed by atoms with Crippen LogP contribution in [0.4, 0.5) is 0 Å². The van der Waals surface area contributed by atoms with Crippen LogP contribution in [0.2, 0.25) is 0 Å². The van der Waals surface area contributed by atoms with Gasteiger partial charge in [0.1, 0.15) is 0 Å². The van der Waals surface area contributed by atoms with Crippen molar-refractivity contribution in [2.45, 2.75) is 39.5 Å². The van der Waals surface area contributed by atoms with Gasteiger partial charge in [-0.1, -0.05) is 93.5 Å². The Morgan fingerprint density at radius 3 is 1.84 bits per heavy atom. The van der Waals surface area contributed by atoms with Crippen LogP contribution < -0.4 is 0 Å². The molecule has 1 aliphatic rings. The minimum atomic E-state index is 0.780. The molecular weight excluding hydrogens is 228 g/mol. The Hall–Kier alpha value is -1.56. The molecule has 0 N–H and O–H groups in total. The fraction of sp³-hybridized carbons (Fsp3) is 0.368. The summed E-state index contributed by atoms with van der Waals surface area (Å²) < 4.78 is 0. The van der Waals surface area contributed by atoms with E-state index in [9.17, 15) is 0 Å². The molecule has 0 aliphatic heterocycles. The SMILES string of the molecule is CCCCC(C=C1C=CC=C1)CC.c1ccccc1. The number of unbranched alkanes of at least 4 members (excludes halogenated alkanes) is 1. The smallest absolute Gasteiger partial charge is 0.0227 e. The van der Waals surface area contributed by atoms with Crippen molar-refractivity contribution in [1.82, 2.24) is 0 Å². The number of benzene rings is 1. The van der Waals surface area contributed by atoms with Gasteiger partial charge in [0, 0.05) is 0 Å². The Bertz CT molecular complexity index is 355. The summed E-state index contributed by atoms with van der Waals surface area (Å²) in [6.45, 7) is 4.54. The first kappa shape index (κ1) is 15.5. The molecule has 1 atom stereocenters. The summed E-state index contributed by atoms with van der Waals surface area (Å²) in [7, 11) is 0. The van der Waals surface area contributed by atoms with Gasteiger partial charge in [-0.05, 0) is 24.3 Å². The van der Waals surface area contributed by atoms with Crippen molar-refractivity contribution in [2.24, 2.45) is 5.92 Å². The second-order valence-corrected chi connectivity index (χ2v) is 4.85.